The van der Waals surface area contributed by atoms with Crippen LogP contribution in [0.3, 0.4) is 0 Å². The van der Waals surface area contributed by atoms with Gasteiger partial charge >= 0.3 is 0 Å². The van der Waals surface area contributed by atoms with Crippen LogP contribution in [-0.2, 0) is 4.79 Å². The van der Waals surface area contributed by atoms with Crippen molar-refractivity contribution in [2.75, 3.05) is 18.4 Å². The zero-order valence-electron chi connectivity index (χ0n) is 16.6. The van der Waals surface area contributed by atoms with Gasteiger partial charge in [-0.3, -0.25) is 14.4 Å². The highest BCUT2D eigenvalue weighted by Gasteiger charge is 2.08. The minimum Gasteiger partial charge on any atom is -0.350 e. The number of rotatable bonds is 8. The second-order valence-corrected chi connectivity index (χ2v) is 6.69. The van der Waals surface area contributed by atoms with Gasteiger partial charge in [0.15, 0.2) is 0 Å². The Morgan fingerprint density at radius 3 is 1.93 bits per heavy atom. The molecule has 0 aliphatic heterocycles. The van der Waals surface area contributed by atoms with Crippen LogP contribution in [0, 0.1) is 13.8 Å². The molecule has 148 valence electrons. The van der Waals surface area contributed by atoms with E-state index < -0.39 is 0 Å². The molecule has 2 aromatic rings. The van der Waals surface area contributed by atoms with E-state index in [0.717, 1.165) is 17.5 Å². The van der Waals surface area contributed by atoms with E-state index in [2.05, 4.69) is 16.0 Å². The zero-order chi connectivity index (χ0) is 20.5. The fourth-order valence-electron chi connectivity index (χ4n) is 2.59. The summed E-state index contributed by atoms with van der Waals surface area (Å²) >= 11 is 0. The largest absolute Gasteiger partial charge is 0.350 e. The lowest BCUT2D eigenvalue weighted by Gasteiger charge is -2.09. The van der Waals surface area contributed by atoms with Gasteiger partial charge in [0.25, 0.3) is 11.8 Å². The van der Waals surface area contributed by atoms with Crippen molar-refractivity contribution in [1.82, 2.24) is 10.6 Å². The molecule has 0 aliphatic carbocycles. The summed E-state index contributed by atoms with van der Waals surface area (Å²) in [7, 11) is 0. The third-order valence-electron chi connectivity index (χ3n) is 4.37. The van der Waals surface area contributed by atoms with E-state index in [1.165, 1.54) is 0 Å². The van der Waals surface area contributed by atoms with Crippen LogP contribution >= 0.6 is 0 Å². The maximum absolute atomic E-state index is 12.2. The van der Waals surface area contributed by atoms with Crippen LogP contribution in [-0.4, -0.2) is 30.8 Å². The molecule has 0 unspecified atom stereocenters. The monoisotopic (exact) mass is 381 g/mol. The predicted molar refractivity (Wildman–Crippen MR) is 111 cm³/mol. The highest BCUT2D eigenvalue weighted by molar-refractivity contribution is 5.96. The number of amides is 3. The topological polar surface area (TPSA) is 87.3 Å². The predicted octanol–water partition coefficient (Wildman–Crippen LogP) is 3.20. The van der Waals surface area contributed by atoms with Gasteiger partial charge in [-0.05, 0) is 67.8 Å². The van der Waals surface area contributed by atoms with E-state index in [1.54, 1.807) is 30.3 Å². The number of carbonyl (C=O) groups excluding carboxylic acids is 3. The number of hydrogen-bond donors (Lipinski definition) is 3. The lowest BCUT2D eigenvalue weighted by atomic mass is 10.1. The van der Waals surface area contributed by atoms with Crippen LogP contribution in [0.25, 0.3) is 0 Å². The van der Waals surface area contributed by atoms with Crippen LogP contribution in [0.1, 0.15) is 51.6 Å². The molecule has 2 rings (SSSR count). The number of aryl methyl sites for hydroxylation is 2. The zero-order valence-corrected chi connectivity index (χ0v) is 16.6. The summed E-state index contributed by atoms with van der Waals surface area (Å²) in [6.45, 7) is 6.56. The summed E-state index contributed by atoms with van der Waals surface area (Å²) < 4.78 is 0. The van der Waals surface area contributed by atoms with Gasteiger partial charge in [-0.25, -0.2) is 0 Å². The lowest BCUT2D eigenvalue weighted by molar-refractivity contribution is -0.116. The SMILES string of the molecule is CCCC(=O)Nc1ccc(C(=O)NCCNC(=O)c2ccc(C)c(C)c2)cc1. The average Bonchev–Trinajstić information content (AvgIpc) is 2.67. The van der Waals surface area contributed by atoms with Gasteiger partial charge in [0, 0.05) is 36.3 Å². The normalized spacial score (nSPS) is 10.2. The molecule has 3 N–H and O–H groups in total. The van der Waals surface area contributed by atoms with Gasteiger partial charge in [-0.15, -0.1) is 0 Å². The molecule has 28 heavy (non-hydrogen) atoms. The number of nitrogens with one attached hydrogen (secondary N) is 3. The molecule has 6 nitrogen and oxygen atoms in total. The summed E-state index contributed by atoms with van der Waals surface area (Å²) in [6.07, 6.45) is 1.25. The molecule has 0 radical (unpaired) electrons. The van der Waals surface area contributed by atoms with Crippen molar-refractivity contribution < 1.29 is 14.4 Å². The highest BCUT2D eigenvalue weighted by atomic mass is 16.2. The average molecular weight is 381 g/mol. The quantitative estimate of drug-likeness (QED) is 0.614. The van der Waals surface area contributed by atoms with Crippen LogP contribution in [0.4, 0.5) is 5.69 Å². The molecule has 0 spiro atoms. The fourth-order valence-corrected chi connectivity index (χ4v) is 2.59. The van der Waals surface area contributed by atoms with E-state index >= 15 is 0 Å². The Bertz CT molecular complexity index is 845. The van der Waals surface area contributed by atoms with Gasteiger partial charge in [-0.2, -0.15) is 0 Å². The summed E-state index contributed by atoms with van der Waals surface area (Å²) in [4.78, 5) is 35.9. The molecule has 6 heteroatoms. The molecule has 0 aromatic heterocycles. The second-order valence-electron chi connectivity index (χ2n) is 6.69. The minimum absolute atomic E-state index is 0.0424. The Hall–Kier alpha value is -3.15. The Kier molecular flexibility index (Phi) is 7.75. The van der Waals surface area contributed by atoms with Crippen LogP contribution in [0.5, 0.6) is 0 Å². The molecule has 3 amide bonds. The molecule has 0 saturated heterocycles. The van der Waals surface area contributed by atoms with Crippen molar-refractivity contribution in [3.05, 3.63) is 64.7 Å². The van der Waals surface area contributed by atoms with Crippen LogP contribution in [0.15, 0.2) is 42.5 Å². The van der Waals surface area contributed by atoms with E-state index in [-0.39, 0.29) is 17.7 Å². The van der Waals surface area contributed by atoms with Crippen molar-refractivity contribution in [2.45, 2.75) is 33.6 Å². The number of carbonyl (C=O) groups is 3. The maximum Gasteiger partial charge on any atom is 0.251 e. The van der Waals surface area contributed by atoms with E-state index in [1.807, 2.05) is 32.9 Å². The first-order chi connectivity index (χ1) is 13.4. The summed E-state index contributed by atoms with van der Waals surface area (Å²) in [5.74, 6) is -0.435. The Morgan fingerprint density at radius 2 is 1.36 bits per heavy atom. The van der Waals surface area contributed by atoms with Crippen molar-refractivity contribution >= 4 is 23.4 Å². The molecule has 0 heterocycles. The maximum atomic E-state index is 12.2. The van der Waals surface area contributed by atoms with Crippen molar-refractivity contribution in [1.29, 1.82) is 0 Å². The number of anilines is 1. The first-order valence-electron chi connectivity index (χ1n) is 9.44. The molecule has 0 saturated carbocycles. The summed E-state index contributed by atoms with van der Waals surface area (Å²) in [5, 5.41) is 8.34. The first-order valence-corrected chi connectivity index (χ1v) is 9.44. The Morgan fingerprint density at radius 1 is 0.786 bits per heavy atom. The van der Waals surface area contributed by atoms with Gasteiger partial charge in [-0.1, -0.05) is 13.0 Å². The van der Waals surface area contributed by atoms with Crippen molar-refractivity contribution in [3.63, 3.8) is 0 Å². The Balaban J connectivity index is 1.76. The molecule has 0 atom stereocenters. The number of benzene rings is 2. The third kappa shape index (κ3) is 6.23. The summed E-state index contributed by atoms with van der Waals surface area (Å²) in [6, 6.07) is 12.3. The van der Waals surface area contributed by atoms with Gasteiger partial charge in [0.05, 0.1) is 0 Å². The molecule has 0 fully saturated rings. The number of hydrogen-bond acceptors (Lipinski definition) is 3. The molecule has 2 aromatic carbocycles. The lowest BCUT2D eigenvalue weighted by Crippen LogP contribution is -2.34. The minimum atomic E-state index is -0.230. The van der Waals surface area contributed by atoms with Crippen LogP contribution < -0.4 is 16.0 Å². The van der Waals surface area contributed by atoms with Crippen LogP contribution in [0.2, 0.25) is 0 Å². The van der Waals surface area contributed by atoms with Gasteiger partial charge in [0.2, 0.25) is 5.91 Å². The van der Waals surface area contributed by atoms with E-state index in [4.69, 9.17) is 0 Å². The van der Waals surface area contributed by atoms with Gasteiger partial charge < -0.3 is 16.0 Å². The second kappa shape index (κ2) is 10.3. The van der Waals surface area contributed by atoms with E-state index in [9.17, 15) is 14.4 Å². The van der Waals surface area contributed by atoms with Gasteiger partial charge in [0.1, 0.15) is 0 Å². The molecule has 0 aliphatic rings. The van der Waals surface area contributed by atoms with Crippen molar-refractivity contribution in [3.8, 4) is 0 Å². The molecular weight excluding hydrogens is 354 g/mol. The Labute approximate surface area is 165 Å². The summed E-state index contributed by atoms with van der Waals surface area (Å²) in [5.41, 5.74) is 3.97. The fraction of sp³-hybridized carbons (Fsp3) is 0.318. The third-order valence-corrected chi connectivity index (χ3v) is 4.37. The molecule has 0 bridgehead atoms. The van der Waals surface area contributed by atoms with Crippen molar-refractivity contribution in [2.24, 2.45) is 0 Å². The standard InChI is InChI=1S/C22H27N3O3/c1-4-5-20(26)25-19-10-8-17(9-11-19)21(27)23-12-13-24-22(28)18-7-6-15(2)16(3)14-18/h6-11,14H,4-5,12-13H2,1-3H3,(H,23,27)(H,24,28)(H,25,26). The highest BCUT2D eigenvalue weighted by Crippen LogP contribution is 2.11. The smallest absolute Gasteiger partial charge is 0.251 e. The molecular formula is C22H27N3O3. The first kappa shape index (κ1) is 21.2. The van der Waals surface area contributed by atoms with E-state index in [0.29, 0.717) is 36.3 Å².